The molecule has 1 fully saturated rings. The predicted octanol–water partition coefficient (Wildman–Crippen LogP) is 2.80. The van der Waals surface area contributed by atoms with Gasteiger partial charge in [-0.2, -0.15) is 0 Å². The third-order valence-electron chi connectivity index (χ3n) is 3.23. The minimum absolute atomic E-state index is 0.593. The number of alkyl halides is 1. The Morgan fingerprint density at radius 2 is 2.50 bits per heavy atom. The summed E-state index contributed by atoms with van der Waals surface area (Å²) in [6.07, 6.45) is 5.15. The van der Waals surface area contributed by atoms with Crippen LogP contribution < -0.4 is 0 Å². The van der Waals surface area contributed by atoms with Crippen molar-refractivity contribution in [2.24, 2.45) is 4.99 Å². The smallest absolute Gasteiger partial charge is 0.168 e. The number of aliphatic imine (C=N–C) groups is 1. The lowest BCUT2D eigenvalue weighted by Gasteiger charge is -2.40. The molecular weight excluding hydrogens is 216 g/mol. The molecule has 0 amide bonds. The molecule has 0 aromatic heterocycles. The summed E-state index contributed by atoms with van der Waals surface area (Å²) in [4.78, 5) is 7.13. The molecule has 0 spiro atoms. The Morgan fingerprint density at radius 1 is 1.57 bits per heavy atom. The summed E-state index contributed by atoms with van der Waals surface area (Å²) >= 11 is 7.67. The summed E-state index contributed by atoms with van der Waals surface area (Å²) in [6, 6.07) is 1.27. The van der Waals surface area contributed by atoms with Crippen LogP contribution in [0.5, 0.6) is 0 Å². The topological polar surface area (TPSA) is 15.6 Å². The van der Waals surface area contributed by atoms with Crippen molar-refractivity contribution in [2.75, 3.05) is 5.88 Å². The number of allylic oxidation sites excluding steroid dienone is 1. The quantitative estimate of drug-likeness (QED) is 0.642. The van der Waals surface area contributed by atoms with Gasteiger partial charge in [-0.05, 0) is 31.1 Å². The molecule has 2 atom stereocenters. The zero-order chi connectivity index (χ0) is 9.54. The number of nitrogens with zero attached hydrogens (tertiary/aromatic N) is 2. The van der Waals surface area contributed by atoms with Crippen LogP contribution in [0.4, 0.5) is 0 Å². The van der Waals surface area contributed by atoms with Gasteiger partial charge >= 0.3 is 0 Å². The van der Waals surface area contributed by atoms with Gasteiger partial charge in [0.05, 0.1) is 11.9 Å². The number of rotatable bonds is 1. The first-order valence-corrected chi connectivity index (χ1v) is 6.58. The van der Waals surface area contributed by atoms with Gasteiger partial charge in [0, 0.05) is 11.7 Å². The van der Waals surface area contributed by atoms with E-state index in [0.29, 0.717) is 18.0 Å². The fraction of sp³-hybridized carbons (Fsp3) is 0.700. The maximum Gasteiger partial charge on any atom is 0.168 e. The molecule has 2 heterocycles. The van der Waals surface area contributed by atoms with E-state index in [1.807, 2.05) is 0 Å². The van der Waals surface area contributed by atoms with E-state index in [-0.39, 0.29) is 0 Å². The van der Waals surface area contributed by atoms with E-state index >= 15 is 0 Å². The van der Waals surface area contributed by atoms with E-state index in [1.54, 1.807) is 11.8 Å². The Hall–Kier alpha value is -0.150. The van der Waals surface area contributed by atoms with Crippen molar-refractivity contribution in [3.05, 3.63) is 11.1 Å². The lowest BCUT2D eigenvalue weighted by molar-refractivity contribution is 0.248. The monoisotopic (exact) mass is 228 g/mol. The van der Waals surface area contributed by atoms with Crippen LogP contribution in [-0.2, 0) is 0 Å². The van der Waals surface area contributed by atoms with Crippen molar-refractivity contribution >= 4 is 28.5 Å². The van der Waals surface area contributed by atoms with Crippen LogP contribution in [0.15, 0.2) is 16.1 Å². The average molecular weight is 229 g/mol. The molecule has 3 rings (SSSR count). The van der Waals surface area contributed by atoms with Crippen LogP contribution >= 0.6 is 23.4 Å². The molecule has 0 radical (unpaired) electrons. The van der Waals surface area contributed by atoms with Crippen LogP contribution in [0.3, 0.4) is 0 Å². The summed E-state index contributed by atoms with van der Waals surface area (Å²) < 4.78 is 0. The molecule has 3 aliphatic rings. The van der Waals surface area contributed by atoms with Gasteiger partial charge in [0.2, 0.25) is 0 Å². The number of halogens is 1. The summed E-state index contributed by atoms with van der Waals surface area (Å²) in [6.45, 7) is 0. The molecule has 0 aromatic carbocycles. The van der Waals surface area contributed by atoms with Crippen LogP contribution in [-0.4, -0.2) is 28.0 Å². The maximum absolute atomic E-state index is 5.93. The van der Waals surface area contributed by atoms with Crippen molar-refractivity contribution in [1.82, 2.24) is 4.90 Å². The summed E-state index contributed by atoms with van der Waals surface area (Å²) in [5.74, 6) is 0.618. The summed E-state index contributed by atoms with van der Waals surface area (Å²) in [5.41, 5.74) is 1.25. The van der Waals surface area contributed by atoms with Crippen LogP contribution in [0, 0.1) is 0 Å². The second kappa shape index (κ2) is 3.46. The van der Waals surface area contributed by atoms with Gasteiger partial charge in [-0.15, -0.1) is 11.6 Å². The second-order valence-electron chi connectivity index (χ2n) is 4.12. The number of hydrogen-bond donors (Lipinski definition) is 0. The minimum atomic E-state index is 0.593. The highest BCUT2D eigenvalue weighted by atomic mass is 35.5. The van der Waals surface area contributed by atoms with Gasteiger partial charge in [-0.3, -0.25) is 4.99 Å². The van der Waals surface area contributed by atoms with Gasteiger partial charge in [0.25, 0.3) is 0 Å². The third kappa shape index (κ3) is 1.29. The molecule has 0 saturated heterocycles. The summed E-state index contributed by atoms with van der Waals surface area (Å²) in [5, 5.41) is 3.36. The number of hydrogen-bond acceptors (Lipinski definition) is 3. The maximum atomic E-state index is 5.93. The molecule has 1 unspecified atom stereocenters. The molecule has 1 aliphatic carbocycles. The normalized spacial score (nSPS) is 35.1. The molecule has 0 N–H and O–H groups in total. The molecule has 1 saturated carbocycles. The van der Waals surface area contributed by atoms with E-state index in [2.05, 4.69) is 10.3 Å². The third-order valence-corrected chi connectivity index (χ3v) is 4.41. The van der Waals surface area contributed by atoms with Crippen LogP contribution in [0.1, 0.15) is 25.7 Å². The molecule has 14 heavy (non-hydrogen) atoms. The largest absolute Gasteiger partial charge is 0.320 e. The molecule has 76 valence electrons. The molecule has 2 nitrogen and oxygen atoms in total. The van der Waals surface area contributed by atoms with Gasteiger partial charge in [0.1, 0.15) is 0 Å². The highest BCUT2D eigenvalue weighted by Gasteiger charge is 2.37. The molecule has 0 aromatic rings. The van der Waals surface area contributed by atoms with Crippen molar-refractivity contribution in [2.45, 2.75) is 37.8 Å². The van der Waals surface area contributed by atoms with Crippen molar-refractivity contribution < 1.29 is 0 Å². The Bertz CT molecular complexity index is 313. The lowest BCUT2D eigenvalue weighted by Crippen LogP contribution is -2.44. The average Bonchev–Trinajstić information content (AvgIpc) is 2.61. The Balaban J connectivity index is 1.94. The van der Waals surface area contributed by atoms with E-state index in [4.69, 9.17) is 16.6 Å². The van der Waals surface area contributed by atoms with Gasteiger partial charge < -0.3 is 4.90 Å². The standard InChI is InChI=1S/C10H13ClN2S/c11-5-9-6-14-10-12-7-2-1-3-8(4-7)13(9)10/h6-8H,1-5H2/t7-,8?/m0/s1. The van der Waals surface area contributed by atoms with Gasteiger partial charge in [-0.25, -0.2) is 0 Å². The zero-order valence-electron chi connectivity index (χ0n) is 7.95. The zero-order valence-corrected chi connectivity index (χ0v) is 9.52. The molecule has 2 bridgehead atoms. The van der Waals surface area contributed by atoms with Crippen LogP contribution in [0.25, 0.3) is 0 Å². The molecule has 2 aliphatic heterocycles. The Morgan fingerprint density at radius 3 is 3.36 bits per heavy atom. The number of fused-ring (bicyclic) bond motifs is 4. The van der Waals surface area contributed by atoms with Gasteiger partial charge in [-0.1, -0.05) is 11.8 Å². The predicted molar refractivity (Wildman–Crippen MR) is 61.7 cm³/mol. The molecule has 4 heteroatoms. The van der Waals surface area contributed by atoms with E-state index in [0.717, 1.165) is 0 Å². The fourth-order valence-electron chi connectivity index (χ4n) is 2.58. The van der Waals surface area contributed by atoms with E-state index in [9.17, 15) is 0 Å². The lowest BCUT2D eigenvalue weighted by atomic mass is 9.89. The number of thioether (sulfide) groups is 1. The summed E-state index contributed by atoms with van der Waals surface area (Å²) in [7, 11) is 0. The van der Waals surface area contributed by atoms with E-state index < -0.39 is 0 Å². The van der Waals surface area contributed by atoms with Crippen molar-refractivity contribution in [3.8, 4) is 0 Å². The highest BCUT2D eigenvalue weighted by Crippen LogP contribution is 2.39. The minimum Gasteiger partial charge on any atom is -0.320 e. The Labute approximate surface area is 93.4 Å². The second-order valence-corrected chi connectivity index (χ2v) is 5.22. The van der Waals surface area contributed by atoms with Crippen molar-refractivity contribution in [3.63, 3.8) is 0 Å². The Kier molecular flexibility index (Phi) is 2.25. The first kappa shape index (κ1) is 9.10. The van der Waals surface area contributed by atoms with Crippen molar-refractivity contribution in [1.29, 1.82) is 0 Å². The SMILES string of the molecule is ClCC1=CSC2=N[C@H]3CCCC(C3)N12. The number of amidine groups is 1. The molecular formula is C10H13ClN2S. The fourth-order valence-corrected chi connectivity index (χ4v) is 3.91. The van der Waals surface area contributed by atoms with E-state index in [1.165, 1.54) is 36.5 Å². The first-order chi connectivity index (χ1) is 6.88. The first-order valence-electron chi connectivity index (χ1n) is 5.17. The van der Waals surface area contributed by atoms with Gasteiger partial charge in [0.15, 0.2) is 5.17 Å². The highest BCUT2D eigenvalue weighted by molar-refractivity contribution is 8.16. The van der Waals surface area contributed by atoms with Crippen LogP contribution in [0.2, 0.25) is 0 Å².